The molecular weight excluding hydrogens is 316 g/mol. The Bertz CT molecular complexity index is 728. The molecule has 0 bridgehead atoms. The maximum absolute atomic E-state index is 5.26. The average molecular weight is 347 g/mol. The largest absolute Gasteiger partial charge is 0.497 e. The van der Waals surface area contributed by atoms with Gasteiger partial charge in [-0.25, -0.2) is 0 Å². The number of fused-ring (bicyclic) bond motifs is 1. The third kappa shape index (κ3) is 3.58. The van der Waals surface area contributed by atoms with Crippen molar-refractivity contribution in [3.05, 3.63) is 66.7 Å². The highest BCUT2D eigenvalue weighted by molar-refractivity contribution is 5.64. The van der Waals surface area contributed by atoms with Crippen LogP contribution in [0.2, 0.25) is 0 Å². The number of hydrogen-bond acceptors (Lipinski definition) is 1. The molecule has 0 N–H and O–H groups in total. The predicted molar refractivity (Wildman–Crippen MR) is 110 cm³/mol. The fraction of sp³-hybridized carbons (Fsp3) is 0.440. The molecular formula is C25H30O. The van der Waals surface area contributed by atoms with Gasteiger partial charge in [-0.3, -0.25) is 0 Å². The van der Waals surface area contributed by atoms with E-state index in [4.69, 9.17) is 4.74 Å². The van der Waals surface area contributed by atoms with Gasteiger partial charge in [0, 0.05) is 0 Å². The van der Waals surface area contributed by atoms with Crippen molar-refractivity contribution >= 4 is 0 Å². The maximum Gasteiger partial charge on any atom is 0.118 e. The van der Waals surface area contributed by atoms with E-state index < -0.39 is 0 Å². The van der Waals surface area contributed by atoms with E-state index in [0.29, 0.717) is 0 Å². The summed E-state index contributed by atoms with van der Waals surface area (Å²) in [5.41, 5.74) is 4.08. The molecule has 26 heavy (non-hydrogen) atoms. The van der Waals surface area contributed by atoms with Gasteiger partial charge in [0.25, 0.3) is 0 Å². The summed E-state index contributed by atoms with van der Waals surface area (Å²) in [4.78, 5) is 0. The van der Waals surface area contributed by atoms with E-state index in [0.717, 1.165) is 29.4 Å². The molecule has 0 aliphatic heterocycles. The van der Waals surface area contributed by atoms with E-state index in [1.807, 2.05) is 12.1 Å². The second-order valence-electron chi connectivity index (χ2n) is 8.19. The first-order chi connectivity index (χ1) is 12.8. The second-order valence-corrected chi connectivity index (χ2v) is 8.19. The standard InChI is InChI=1S/C25H30O/c1-3-18-4-5-24-17-23(11-10-22(24)16-18)21-8-6-19(7-9-21)20-12-14-25(26-2)15-13-20/h3,6-9,12-15,18,22-24H,1,4-5,10-11,16-17H2,2H3. The molecule has 0 saturated heterocycles. The minimum atomic E-state index is 0.751. The van der Waals surface area contributed by atoms with E-state index in [9.17, 15) is 0 Å². The van der Waals surface area contributed by atoms with Gasteiger partial charge in [0.2, 0.25) is 0 Å². The molecule has 0 radical (unpaired) electrons. The number of ether oxygens (including phenoxy) is 1. The molecule has 0 spiro atoms. The van der Waals surface area contributed by atoms with Crippen LogP contribution in [0.1, 0.15) is 50.0 Å². The van der Waals surface area contributed by atoms with E-state index in [1.165, 1.54) is 55.2 Å². The van der Waals surface area contributed by atoms with Crippen LogP contribution < -0.4 is 4.74 Å². The number of allylic oxidation sites excluding steroid dienone is 1. The first kappa shape index (κ1) is 17.4. The Balaban J connectivity index is 1.43. The van der Waals surface area contributed by atoms with Gasteiger partial charge < -0.3 is 4.74 Å². The molecule has 1 nitrogen and oxygen atoms in total. The molecule has 4 atom stereocenters. The van der Waals surface area contributed by atoms with Gasteiger partial charge in [-0.05, 0) is 91.0 Å². The lowest BCUT2D eigenvalue weighted by atomic mass is 9.64. The summed E-state index contributed by atoms with van der Waals surface area (Å²) in [5, 5.41) is 0. The molecule has 2 saturated carbocycles. The van der Waals surface area contributed by atoms with Crippen molar-refractivity contribution in [2.45, 2.75) is 44.4 Å². The molecule has 1 heteroatoms. The lowest BCUT2D eigenvalue weighted by Gasteiger charge is -2.41. The molecule has 2 aliphatic rings. The lowest BCUT2D eigenvalue weighted by Crippen LogP contribution is -2.29. The third-order valence-corrected chi connectivity index (χ3v) is 6.79. The molecule has 4 unspecified atom stereocenters. The van der Waals surface area contributed by atoms with E-state index >= 15 is 0 Å². The van der Waals surface area contributed by atoms with Gasteiger partial charge in [0.15, 0.2) is 0 Å². The molecule has 2 aliphatic carbocycles. The third-order valence-electron chi connectivity index (χ3n) is 6.79. The van der Waals surface area contributed by atoms with E-state index in [-0.39, 0.29) is 0 Å². The summed E-state index contributed by atoms with van der Waals surface area (Å²) in [6.45, 7) is 4.02. The summed E-state index contributed by atoms with van der Waals surface area (Å²) in [6, 6.07) is 17.6. The van der Waals surface area contributed by atoms with Crippen molar-refractivity contribution in [1.29, 1.82) is 0 Å². The van der Waals surface area contributed by atoms with Gasteiger partial charge in [0.1, 0.15) is 5.75 Å². The highest BCUT2D eigenvalue weighted by Gasteiger charge is 2.35. The van der Waals surface area contributed by atoms with E-state index in [2.05, 4.69) is 49.1 Å². The minimum absolute atomic E-state index is 0.751. The summed E-state index contributed by atoms with van der Waals surface area (Å²) < 4.78 is 5.26. The predicted octanol–water partition coefficient (Wildman–Crippen LogP) is 6.85. The number of methoxy groups -OCH3 is 1. The Morgan fingerprint density at radius 3 is 2.08 bits per heavy atom. The lowest BCUT2D eigenvalue weighted by molar-refractivity contribution is 0.133. The van der Waals surface area contributed by atoms with Gasteiger partial charge in [-0.2, -0.15) is 0 Å². The topological polar surface area (TPSA) is 9.23 Å². The number of hydrogen-bond donors (Lipinski definition) is 0. The van der Waals surface area contributed by atoms with Gasteiger partial charge in [0.05, 0.1) is 7.11 Å². The summed E-state index contributed by atoms with van der Waals surface area (Å²) >= 11 is 0. The average Bonchev–Trinajstić information content (AvgIpc) is 2.73. The monoisotopic (exact) mass is 346 g/mol. The Morgan fingerprint density at radius 2 is 1.42 bits per heavy atom. The number of rotatable bonds is 4. The molecule has 4 rings (SSSR count). The summed E-state index contributed by atoms with van der Waals surface area (Å²) in [6.07, 6.45) is 10.5. The SMILES string of the molecule is C=CC1CCC2CC(c3ccc(-c4ccc(OC)cc4)cc3)CCC2C1. The quantitative estimate of drug-likeness (QED) is 0.550. The van der Waals surface area contributed by atoms with Crippen molar-refractivity contribution in [3.63, 3.8) is 0 Å². The maximum atomic E-state index is 5.26. The van der Waals surface area contributed by atoms with Crippen molar-refractivity contribution in [3.8, 4) is 16.9 Å². The fourth-order valence-electron chi connectivity index (χ4n) is 5.17. The summed E-state index contributed by atoms with van der Waals surface area (Å²) in [5.74, 6) is 4.32. The molecule has 2 fully saturated rings. The van der Waals surface area contributed by atoms with Crippen LogP contribution in [0, 0.1) is 17.8 Å². The molecule has 136 valence electrons. The van der Waals surface area contributed by atoms with E-state index in [1.54, 1.807) is 7.11 Å². The van der Waals surface area contributed by atoms with Crippen LogP contribution in [-0.4, -0.2) is 7.11 Å². The molecule has 0 heterocycles. The smallest absolute Gasteiger partial charge is 0.118 e. The van der Waals surface area contributed by atoms with Gasteiger partial charge >= 0.3 is 0 Å². The zero-order valence-electron chi connectivity index (χ0n) is 15.9. The Hall–Kier alpha value is -2.02. The zero-order valence-corrected chi connectivity index (χ0v) is 15.9. The van der Waals surface area contributed by atoms with Crippen LogP contribution in [0.3, 0.4) is 0 Å². The first-order valence-corrected chi connectivity index (χ1v) is 10.1. The van der Waals surface area contributed by atoms with Gasteiger partial charge in [-0.1, -0.05) is 42.5 Å². The van der Waals surface area contributed by atoms with Crippen molar-refractivity contribution < 1.29 is 4.74 Å². The van der Waals surface area contributed by atoms with Crippen LogP contribution in [0.4, 0.5) is 0 Å². The van der Waals surface area contributed by atoms with Gasteiger partial charge in [-0.15, -0.1) is 6.58 Å². The van der Waals surface area contributed by atoms with Crippen LogP contribution in [0.25, 0.3) is 11.1 Å². The second kappa shape index (κ2) is 7.70. The van der Waals surface area contributed by atoms with Crippen molar-refractivity contribution in [1.82, 2.24) is 0 Å². The Labute approximate surface area is 158 Å². The highest BCUT2D eigenvalue weighted by Crippen LogP contribution is 2.47. The Kier molecular flexibility index (Phi) is 5.15. The highest BCUT2D eigenvalue weighted by atomic mass is 16.5. The Morgan fingerprint density at radius 1 is 0.808 bits per heavy atom. The molecule has 0 aromatic heterocycles. The minimum Gasteiger partial charge on any atom is -0.497 e. The van der Waals surface area contributed by atoms with Crippen LogP contribution in [-0.2, 0) is 0 Å². The first-order valence-electron chi connectivity index (χ1n) is 10.1. The number of benzene rings is 2. The van der Waals surface area contributed by atoms with Crippen molar-refractivity contribution in [2.75, 3.05) is 7.11 Å². The van der Waals surface area contributed by atoms with Crippen LogP contribution >= 0.6 is 0 Å². The zero-order chi connectivity index (χ0) is 17.9. The van der Waals surface area contributed by atoms with Crippen LogP contribution in [0.5, 0.6) is 5.75 Å². The molecule has 0 amide bonds. The fourth-order valence-corrected chi connectivity index (χ4v) is 5.17. The van der Waals surface area contributed by atoms with Crippen molar-refractivity contribution in [2.24, 2.45) is 17.8 Å². The van der Waals surface area contributed by atoms with Crippen LogP contribution in [0.15, 0.2) is 61.2 Å². The molecule has 2 aromatic rings. The molecule has 2 aromatic carbocycles. The normalized spacial score (nSPS) is 28.2. The summed E-state index contributed by atoms with van der Waals surface area (Å²) in [7, 11) is 1.71.